The fourth-order valence-electron chi connectivity index (χ4n) is 1.71. The second-order valence-electron chi connectivity index (χ2n) is 4.35. The zero-order chi connectivity index (χ0) is 14.4. The smallest absolute Gasteiger partial charge is 0.317 e. The number of carbonyl (C=O) groups excluding carboxylic acids is 1. The summed E-state index contributed by atoms with van der Waals surface area (Å²) in [6.07, 6.45) is 1.66. The van der Waals surface area contributed by atoms with Gasteiger partial charge in [-0.25, -0.2) is 9.78 Å². The minimum absolute atomic E-state index is 0.105. The molecule has 2 amide bonds. The Morgan fingerprint density at radius 2 is 2.30 bits per heavy atom. The summed E-state index contributed by atoms with van der Waals surface area (Å²) in [5.41, 5.74) is 2.09. The molecule has 0 aliphatic carbocycles. The summed E-state index contributed by atoms with van der Waals surface area (Å²) in [5, 5.41) is 6.91. The molecule has 0 aliphatic heterocycles. The van der Waals surface area contributed by atoms with Crippen molar-refractivity contribution in [3.63, 3.8) is 0 Å². The number of carbonyl (C=O) groups is 1. The Kier molecular flexibility index (Phi) is 4.95. The molecular formula is C14H17N3O2S. The van der Waals surface area contributed by atoms with Gasteiger partial charge in [-0.15, -0.1) is 0 Å². The van der Waals surface area contributed by atoms with Gasteiger partial charge in [-0.3, -0.25) is 0 Å². The highest BCUT2D eigenvalue weighted by Gasteiger charge is 2.09. The molecule has 2 aromatic heterocycles. The van der Waals surface area contributed by atoms with Crippen molar-refractivity contribution in [1.29, 1.82) is 0 Å². The largest absolute Gasteiger partial charge is 0.481 e. The molecule has 0 saturated heterocycles. The van der Waals surface area contributed by atoms with Crippen LogP contribution in [0.2, 0.25) is 0 Å². The SMILES string of the molecule is COc1cc(CNC(=O)N(C)Cc2ccsc2)ccn1. The number of amides is 2. The third kappa shape index (κ3) is 3.96. The molecule has 6 heteroatoms. The van der Waals surface area contributed by atoms with Crippen LogP contribution in [0.25, 0.3) is 0 Å². The van der Waals surface area contributed by atoms with Gasteiger partial charge in [0.05, 0.1) is 7.11 Å². The Balaban J connectivity index is 1.84. The summed E-state index contributed by atoms with van der Waals surface area (Å²) in [7, 11) is 3.35. The lowest BCUT2D eigenvalue weighted by molar-refractivity contribution is 0.206. The molecule has 0 saturated carbocycles. The Morgan fingerprint density at radius 3 is 3.00 bits per heavy atom. The van der Waals surface area contributed by atoms with E-state index in [-0.39, 0.29) is 6.03 Å². The van der Waals surface area contributed by atoms with Crippen LogP contribution in [0.15, 0.2) is 35.2 Å². The topological polar surface area (TPSA) is 54.5 Å². The van der Waals surface area contributed by atoms with Gasteiger partial charge in [0.1, 0.15) is 0 Å². The molecule has 2 aromatic rings. The summed E-state index contributed by atoms with van der Waals surface area (Å²) in [5.74, 6) is 0.545. The molecule has 2 rings (SSSR count). The first kappa shape index (κ1) is 14.3. The van der Waals surface area contributed by atoms with E-state index in [1.54, 1.807) is 42.7 Å². The molecule has 0 bridgehead atoms. The van der Waals surface area contributed by atoms with Crippen molar-refractivity contribution >= 4 is 17.4 Å². The van der Waals surface area contributed by atoms with Gasteiger partial charge in [0, 0.05) is 32.4 Å². The molecule has 0 aromatic carbocycles. The first-order valence-corrected chi connectivity index (χ1v) is 7.12. The molecule has 106 valence electrons. The van der Waals surface area contributed by atoms with E-state index in [9.17, 15) is 4.79 Å². The highest BCUT2D eigenvalue weighted by atomic mass is 32.1. The maximum absolute atomic E-state index is 12.0. The van der Waals surface area contributed by atoms with Crippen LogP contribution < -0.4 is 10.1 Å². The van der Waals surface area contributed by atoms with Crippen molar-refractivity contribution in [2.45, 2.75) is 13.1 Å². The van der Waals surface area contributed by atoms with Gasteiger partial charge in [-0.1, -0.05) is 0 Å². The summed E-state index contributed by atoms with van der Waals surface area (Å²) >= 11 is 1.63. The highest BCUT2D eigenvalue weighted by Crippen LogP contribution is 2.10. The first-order valence-electron chi connectivity index (χ1n) is 6.18. The number of nitrogens with zero attached hydrogens (tertiary/aromatic N) is 2. The standard InChI is InChI=1S/C14H17N3O2S/c1-17(9-12-4-6-20-10-12)14(18)16-8-11-3-5-15-13(7-11)19-2/h3-7,10H,8-9H2,1-2H3,(H,16,18). The van der Waals surface area contributed by atoms with Crippen molar-refractivity contribution in [3.8, 4) is 5.88 Å². The summed E-state index contributed by atoms with van der Waals surface area (Å²) in [6, 6.07) is 5.57. The Bertz CT molecular complexity index is 557. The zero-order valence-electron chi connectivity index (χ0n) is 11.5. The maximum atomic E-state index is 12.0. The van der Waals surface area contributed by atoms with Crippen molar-refractivity contribution in [2.24, 2.45) is 0 Å². The maximum Gasteiger partial charge on any atom is 0.317 e. The molecule has 0 radical (unpaired) electrons. The quantitative estimate of drug-likeness (QED) is 0.921. The van der Waals surface area contributed by atoms with Crippen LogP contribution in [-0.2, 0) is 13.1 Å². The average Bonchev–Trinajstić information content (AvgIpc) is 2.97. The summed E-state index contributed by atoms with van der Waals surface area (Å²) in [6.45, 7) is 1.06. The number of hydrogen-bond donors (Lipinski definition) is 1. The van der Waals surface area contributed by atoms with Crippen molar-refractivity contribution < 1.29 is 9.53 Å². The summed E-state index contributed by atoms with van der Waals surface area (Å²) in [4.78, 5) is 17.6. The molecule has 0 aliphatic rings. The van der Waals surface area contributed by atoms with Gasteiger partial charge in [0.15, 0.2) is 0 Å². The predicted octanol–water partition coefficient (Wildman–Crippen LogP) is 2.49. The lowest BCUT2D eigenvalue weighted by Gasteiger charge is -2.17. The molecule has 0 unspecified atom stereocenters. The number of nitrogens with one attached hydrogen (secondary N) is 1. The van der Waals surface area contributed by atoms with Gasteiger partial charge in [0.25, 0.3) is 0 Å². The van der Waals surface area contributed by atoms with Crippen LogP contribution in [-0.4, -0.2) is 30.1 Å². The average molecular weight is 291 g/mol. The van der Waals surface area contributed by atoms with Gasteiger partial charge < -0.3 is 15.0 Å². The van der Waals surface area contributed by atoms with Gasteiger partial charge >= 0.3 is 6.03 Å². The van der Waals surface area contributed by atoms with E-state index < -0.39 is 0 Å². The van der Waals surface area contributed by atoms with E-state index in [2.05, 4.69) is 10.3 Å². The second kappa shape index (κ2) is 6.91. The van der Waals surface area contributed by atoms with Crippen molar-refractivity contribution in [2.75, 3.05) is 14.2 Å². The van der Waals surface area contributed by atoms with Crippen molar-refractivity contribution in [3.05, 3.63) is 46.3 Å². The normalized spacial score (nSPS) is 10.1. The Labute approximate surface area is 122 Å². The lowest BCUT2D eigenvalue weighted by atomic mass is 10.2. The molecule has 5 nitrogen and oxygen atoms in total. The van der Waals surface area contributed by atoms with E-state index in [1.807, 2.05) is 22.9 Å². The minimum Gasteiger partial charge on any atom is -0.481 e. The van der Waals surface area contributed by atoms with Crippen LogP contribution in [0.4, 0.5) is 4.79 Å². The number of methoxy groups -OCH3 is 1. The van der Waals surface area contributed by atoms with Gasteiger partial charge in [-0.2, -0.15) is 11.3 Å². The number of pyridine rings is 1. The van der Waals surface area contributed by atoms with Gasteiger partial charge in [-0.05, 0) is 34.0 Å². The second-order valence-corrected chi connectivity index (χ2v) is 5.13. The highest BCUT2D eigenvalue weighted by molar-refractivity contribution is 7.07. The zero-order valence-corrected chi connectivity index (χ0v) is 12.3. The fraction of sp³-hybridized carbons (Fsp3) is 0.286. The third-order valence-electron chi connectivity index (χ3n) is 2.80. The first-order chi connectivity index (χ1) is 9.69. The molecule has 0 spiro atoms. The van der Waals surface area contributed by atoms with Crippen molar-refractivity contribution in [1.82, 2.24) is 15.2 Å². The molecule has 1 N–H and O–H groups in total. The summed E-state index contributed by atoms with van der Waals surface area (Å²) < 4.78 is 5.05. The Hall–Kier alpha value is -2.08. The van der Waals surface area contributed by atoms with E-state index in [1.165, 1.54) is 0 Å². The van der Waals surface area contributed by atoms with E-state index >= 15 is 0 Å². The van der Waals surface area contributed by atoms with E-state index in [0.29, 0.717) is 19.0 Å². The van der Waals surface area contributed by atoms with Crippen LogP contribution >= 0.6 is 11.3 Å². The minimum atomic E-state index is -0.105. The number of aromatic nitrogens is 1. The lowest BCUT2D eigenvalue weighted by Crippen LogP contribution is -2.36. The van der Waals surface area contributed by atoms with E-state index in [0.717, 1.165) is 11.1 Å². The van der Waals surface area contributed by atoms with E-state index in [4.69, 9.17) is 4.74 Å². The van der Waals surface area contributed by atoms with Crippen LogP contribution in [0.5, 0.6) is 5.88 Å². The fourth-order valence-corrected chi connectivity index (χ4v) is 2.37. The number of hydrogen-bond acceptors (Lipinski definition) is 4. The number of urea groups is 1. The van der Waals surface area contributed by atoms with Crippen LogP contribution in [0, 0.1) is 0 Å². The molecule has 2 heterocycles. The Morgan fingerprint density at radius 1 is 1.45 bits per heavy atom. The molecule has 0 atom stereocenters. The number of ether oxygens (including phenoxy) is 1. The molecule has 0 fully saturated rings. The predicted molar refractivity (Wildman–Crippen MR) is 78.8 cm³/mol. The number of thiophene rings is 1. The van der Waals surface area contributed by atoms with Crippen LogP contribution in [0.1, 0.15) is 11.1 Å². The monoisotopic (exact) mass is 291 g/mol. The third-order valence-corrected chi connectivity index (χ3v) is 3.53. The molecule has 20 heavy (non-hydrogen) atoms. The van der Waals surface area contributed by atoms with Crippen LogP contribution in [0.3, 0.4) is 0 Å². The molecular weight excluding hydrogens is 274 g/mol. The van der Waals surface area contributed by atoms with Gasteiger partial charge in [0.2, 0.25) is 5.88 Å². The number of rotatable bonds is 5.